The largest absolute Gasteiger partial charge is 0.377 e. The summed E-state index contributed by atoms with van der Waals surface area (Å²) in [5, 5.41) is 5.35. The Morgan fingerprint density at radius 2 is 2.10 bits per heavy atom. The van der Waals surface area contributed by atoms with Gasteiger partial charge in [-0.1, -0.05) is 0 Å². The zero-order valence-corrected chi connectivity index (χ0v) is 13.2. The fourth-order valence-electron chi connectivity index (χ4n) is 1.83. The number of nitrogens with zero attached hydrogens (tertiary/aromatic N) is 1. The van der Waals surface area contributed by atoms with Crippen LogP contribution in [0, 0.1) is 6.92 Å². The molecule has 0 radical (unpaired) electrons. The predicted molar refractivity (Wildman–Crippen MR) is 83.8 cm³/mol. The van der Waals surface area contributed by atoms with Gasteiger partial charge in [0.25, 0.3) is 0 Å². The second kappa shape index (κ2) is 5.80. The second-order valence-corrected chi connectivity index (χ2v) is 7.15. The Labute approximate surface area is 123 Å². The highest BCUT2D eigenvalue weighted by Crippen LogP contribution is 2.24. The summed E-state index contributed by atoms with van der Waals surface area (Å²) in [6.07, 6.45) is 1.14. The minimum Gasteiger partial charge on any atom is -0.377 e. The molecule has 0 fully saturated rings. The van der Waals surface area contributed by atoms with Crippen LogP contribution >= 0.6 is 11.3 Å². The number of hydrogen-bond donors (Lipinski definition) is 2. The topological polar surface area (TPSA) is 71.1 Å². The van der Waals surface area contributed by atoms with Crippen molar-refractivity contribution >= 4 is 32.7 Å². The third-order valence-corrected chi connectivity index (χ3v) is 4.00. The monoisotopic (exact) mass is 311 g/mol. The quantitative estimate of drug-likeness (QED) is 0.890. The van der Waals surface area contributed by atoms with Crippen molar-refractivity contribution in [2.24, 2.45) is 0 Å². The highest BCUT2D eigenvalue weighted by Gasteiger charge is 2.09. The van der Waals surface area contributed by atoms with Crippen molar-refractivity contribution in [1.29, 1.82) is 0 Å². The third kappa shape index (κ3) is 3.94. The average molecular weight is 311 g/mol. The summed E-state index contributed by atoms with van der Waals surface area (Å²) < 4.78 is 25.0. The maximum absolute atomic E-state index is 11.2. The molecule has 0 aliphatic rings. The van der Waals surface area contributed by atoms with Crippen LogP contribution in [0.25, 0.3) is 0 Å². The van der Waals surface area contributed by atoms with Crippen LogP contribution in [0.2, 0.25) is 0 Å². The van der Waals surface area contributed by atoms with E-state index in [4.69, 9.17) is 0 Å². The van der Waals surface area contributed by atoms with Crippen molar-refractivity contribution in [3.63, 3.8) is 0 Å². The lowest BCUT2D eigenvalue weighted by molar-refractivity contribution is 0.607. The Morgan fingerprint density at radius 3 is 2.65 bits per heavy atom. The van der Waals surface area contributed by atoms with Crippen LogP contribution in [-0.4, -0.2) is 19.7 Å². The van der Waals surface area contributed by atoms with Crippen LogP contribution in [-0.2, 0) is 10.0 Å². The molecule has 1 heterocycles. The van der Waals surface area contributed by atoms with E-state index in [1.165, 1.54) is 0 Å². The van der Waals surface area contributed by atoms with Gasteiger partial charge in [0.05, 0.1) is 29.2 Å². The minimum atomic E-state index is -3.25. The fourth-order valence-corrected chi connectivity index (χ4v) is 3.10. The zero-order chi connectivity index (χ0) is 14.8. The van der Waals surface area contributed by atoms with Gasteiger partial charge in [-0.05, 0) is 37.6 Å². The van der Waals surface area contributed by atoms with Crippen LogP contribution in [0.3, 0.4) is 0 Å². The summed E-state index contributed by atoms with van der Waals surface area (Å²) in [7, 11) is -3.25. The summed E-state index contributed by atoms with van der Waals surface area (Å²) in [6, 6.07) is 5.63. The number of sulfonamides is 1. The maximum atomic E-state index is 11.2. The summed E-state index contributed by atoms with van der Waals surface area (Å²) in [5.41, 5.74) is 5.19. The molecule has 1 aromatic heterocycles. The fraction of sp³-hybridized carbons (Fsp3) is 0.308. The lowest BCUT2D eigenvalue weighted by Gasteiger charge is -2.15. The Bertz CT molecular complexity index is 682. The van der Waals surface area contributed by atoms with Gasteiger partial charge in [-0.15, -0.1) is 11.3 Å². The lowest BCUT2D eigenvalue weighted by atomic mass is 10.1. The summed E-state index contributed by atoms with van der Waals surface area (Å²) in [4.78, 5) is 4.27. The molecule has 1 unspecified atom stereocenters. The van der Waals surface area contributed by atoms with Gasteiger partial charge in [-0.2, -0.15) is 0 Å². The van der Waals surface area contributed by atoms with Crippen molar-refractivity contribution in [2.45, 2.75) is 19.9 Å². The Morgan fingerprint density at radius 1 is 1.35 bits per heavy atom. The molecule has 1 atom stereocenters. The molecule has 5 nitrogen and oxygen atoms in total. The molecule has 0 aliphatic heterocycles. The molecule has 2 N–H and O–H groups in total. The number of hydrogen-bond acceptors (Lipinski definition) is 5. The van der Waals surface area contributed by atoms with Crippen molar-refractivity contribution in [1.82, 2.24) is 4.98 Å². The van der Waals surface area contributed by atoms with Crippen LogP contribution in [0.15, 0.2) is 29.1 Å². The summed E-state index contributed by atoms with van der Waals surface area (Å²) >= 11 is 1.56. The maximum Gasteiger partial charge on any atom is 0.229 e. The van der Waals surface area contributed by atoms with E-state index in [2.05, 4.69) is 15.0 Å². The molecule has 0 spiro atoms. The standard InChI is InChI=1S/C13H17N3O2S2/c1-9-6-11(4-5-12(9)16-20(3,17)18)15-10(2)13-7-19-8-14-13/h4-8,10,15-16H,1-3H3. The van der Waals surface area contributed by atoms with E-state index in [1.54, 1.807) is 22.9 Å². The van der Waals surface area contributed by atoms with Gasteiger partial charge >= 0.3 is 0 Å². The number of benzene rings is 1. The molecule has 108 valence electrons. The van der Waals surface area contributed by atoms with E-state index < -0.39 is 10.0 Å². The first kappa shape index (κ1) is 14.8. The number of rotatable bonds is 5. The highest BCUT2D eigenvalue weighted by molar-refractivity contribution is 7.92. The van der Waals surface area contributed by atoms with E-state index >= 15 is 0 Å². The first-order valence-electron chi connectivity index (χ1n) is 6.08. The number of thiazole rings is 1. The van der Waals surface area contributed by atoms with Crippen LogP contribution in [0.4, 0.5) is 11.4 Å². The molecule has 7 heteroatoms. The molecular formula is C13H17N3O2S2. The SMILES string of the molecule is Cc1cc(NC(C)c2cscn2)ccc1NS(C)(=O)=O. The molecule has 1 aromatic carbocycles. The van der Waals surface area contributed by atoms with E-state index in [0.717, 1.165) is 23.2 Å². The third-order valence-electron chi connectivity index (χ3n) is 2.80. The van der Waals surface area contributed by atoms with Crippen molar-refractivity contribution in [3.8, 4) is 0 Å². The summed E-state index contributed by atoms with van der Waals surface area (Å²) in [6.45, 7) is 3.90. The zero-order valence-electron chi connectivity index (χ0n) is 11.5. The van der Waals surface area contributed by atoms with Gasteiger partial charge in [0.15, 0.2) is 0 Å². The van der Waals surface area contributed by atoms with Gasteiger partial charge in [-0.3, -0.25) is 4.72 Å². The van der Waals surface area contributed by atoms with Gasteiger partial charge in [-0.25, -0.2) is 13.4 Å². The van der Waals surface area contributed by atoms with E-state index in [9.17, 15) is 8.42 Å². The number of nitrogens with one attached hydrogen (secondary N) is 2. The van der Waals surface area contributed by atoms with Crippen LogP contribution < -0.4 is 10.0 Å². The van der Waals surface area contributed by atoms with Gasteiger partial charge in [0.2, 0.25) is 10.0 Å². The second-order valence-electron chi connectivity index (χ2n) is 4.68. The Balaban J connectivity index is 2.13. The number of aryl methyl sites for hydroxylation is 1. The highest BCUT2D eigenvalue weighted by atomic mass is 32.2. The normalized spacial score (nSPS) is 12.9. The predicted octanol–water partition coefficient (Wildman–Crippen LogP) is 3.00. The molecule has 20 heavy (non-hydrogen) atoms. The molecule has 0 bridgehead atoms. The Kier molecular flexibility index (Phi) is 4.29. The number of anilines is 2. The summed E-state index contributed by atoms with van der Waals surface area (Å²) in [5.74, 6) is 0. The van der Waals surface area contributed by atoms with Gasteiger partial charge in [0, 0.05) is 11.1 Å². The smallest absolute Gasteiger partial charge is 0.229 e. The van der Waals surface area contributed by atoms with E-state index in [-0.39, 0.29) is 6.04 Å². The first-order valence-corrected chi connectivity index (χ1v) is 8.91. The molecule has 2 rings (SSSR count). The number of aromatic nitrogens is 1. The molecular weight excluding hydrogens is 294 g/mol. The molecule has 0 saturated heterocycles. The Hall–Kier alpha value is -1.60. The first-order chi connectivity index (χ1) is 9.35. The molecule has 2 aromatic rings. The molecule has 0 saturated carbocycles. The van der Waals surface area contributed by atoms with Crippen molar-refractivity contribution < 1.29 is 8.42 Å². The molecule has 0 aliphatic carbocycles. The lowest BCUT2D eigenvalue weighted by Crippen LogP contribution is -2.11. The average Bonchev–Trinajstić information content (AvgIpc) is 2.85. The van der Waals surface area contributed by atoms with E-state index in [0.29, 0.717) is 5.69 Å². The van der Waals surface area contributed by atoms with Gasteiger partial charge in [0.1, 0.15) is 0 Å². The van der Waals surface area contributed by atoms with Crippen molar-refractivity contribution in [3.05, 3.63) is 40.3 Å². The van der Waals surface area contributed by atoms with Crippen LogP contribution in [0.1, 0.15) is 24.2 Å². The van der Waals surface area contributed by atoms with E-state index in [1.807, 2.05) is 31.4 Å². The van der Waals surface area contributed by atoms with Gasteiger partial charge < -0.3 is 5.32 Å². The molecule has 0 amide bonds. The van der Waals surface area contributed by atoms with Crippen LogP contribution in [0.5, 0.6) is 0 Å². The minimum absolute atomic E-state index is 0.106. The van der Waals surface area contributed by atoms with Crippen molar-refractivity contribution in [2.75, 3.05) is 16.3 Å².